The predicted octanol–water partition coefficient (Wildman–Crippen LogP) is 1.45. The number of carbonyl (C=O) groups excluding carboxylic acids is 1. The van der Waals surface area contributed by atoms with Crippen LogP contribution in [0.25, 0.3) is 0 Å². The van der Waals surface area contributed by atoms with Gasteiger partial charge >= 0.3 is 5.69 Å². The van der Waals surface area contributed by atoms with E-state index in [-0.39, 0.29) is 5.56 Å². The lowest BCUT2D eigenvalue weighted by Crippen LogP contribution is -2.43. The van der Waals surface area contributed by atoms with Crippen LogP contribution in [-0.2, 0) is 17.9 Å². The van der Waals surface area contributed by atoms with E-state index in [1.165, 1.54) is 23.6 Å². The molecule has 0 aliphatic carbocycles. The highest BCUT2D eigenvalue weighted by atomic mass is 16.2. The molecular weight excluding hydrogens is 358 g/mol. The number of benzene rings is 1. The van der Waals surface area contributed by atoms with E-state index >= 15 is 0 Å². The summed E-state index contributed by atoms with van der Waals surface area (Å²) < 4.78 is 2.04. The van der Waals surface area contributed by atoms with Crippen LogP contribution >= 0.6 is 0 Å². The Kier molecular flexibility index (Phi) is 5.64. The maximum atomic E-state index is 12.5. The number of nitrogens with one attached hydrogen (secondary N) is 1. The summed E-state index contributed by atoms with van der Waals surface area (Å²) in [5, 5.41) is 11.8. The molecule has 0 atom stereocenters. The molecule has 0 radical (unpaired) electrons. The predicted molar refractivity (Wildman–Crippen MR) is 107 cm³/mol. The van der Waals surface area contributed by atoms with E-state index in [0.29, 0.717) is 12.2 Å². The van der Waals surface area contributed by atoms with Crippen molar-refractivity contribution in [2.45, 2.75) is 39.8 Å². The van der Waals surface area contributed by atoms with Crippen LogP contribution < -0.4 is 21.5 Å². The van der Waals surface area contributed by atoms with Gasteiger partial charge in [-0.1, -0.05) is 0 Å². The molecule has 1 aromatic heterocycles. The van der Waals surface area contributed by atoms with Crippen LogP contribution in [0.2, 0.25) is 0 Å². The molecule has 0 saturated carbocycles. The van der Waals surface area contributed by atoms with Crippen molar-refractivity contribution in [2.75, 3.05) is 23.3 Å². The summed E-state index contributed by atoms with van der Waals surface area (Å²) in [6, 6.07) is 7.59. The number of nitriles is 1. The minimum atomic E-state index is -0.756. The number of rotatable bonds is 5. The van der Waals surface area contributed by atoms with Crippen molar-refractivity contribution >= 4 is 17.3 Å². The summed E-state index contributed by atoms with van der Waals surface area (Å²) in [4.78, 5) is 39.4. The van der Waals surface area contributed by atoms with Gasteiger partial charge in [-0.3, -0.25) is 14.2 Å². The molecule has 0 spiro atoms. The first-order chi connectivity index (χ1) is 13.4. The number of nitrogens with zero attached hydrogens (tertiary/aromatic N) is 4. The third kappa shape index (κ3) is 3.83. The van der Waals surface area contributed by atoms with Crippen LogP contribution in [0.3, 0.4) is 0 Å². The smallest absolute Gasteiger partial charge is 0.331 e. The number of amides is 1. The highest BCUT2D eigenvalue weighted by Crippen LogP contribution is 2.25. The van der Waals surface area contributed by atoms with E-state index in [1.807, 2.05) is 25.1 Å². The summed E-state index contributed by atoms with van der Waals surface area (Å²) >= 11 is 0. The fourth-order valence-corrected chi connectivity index (χ4v) is 3.39. The van der Waals surface area contributed by atoms with Gasteiger partial charge in [-0.15, -0.1) is 0 Å². The average Bonchev–Trinajstić information content (AvgIpc) is 3.22. The van der Waals surface area contributed by atoms with Gasteiger partial charge < -0.3 is 10.2 Å². The molecule has 3 rings (SSSR count). The van der Waals surface area contributed by atoms with Crippen LogP contribution in [0, 0.1) is 18.3 Å². The Labute approximate surface area is 162 Å². The molecule has 1 fully saturated rings. The molecule has 28 heavy (non-hydrogen) atoms. The monoisotopic (exact) mass is 381 g/mol. The zero-order valence-corrected chi connectivity index (χ0v) is 16.1. The van der Waals surface area contributed by atoms with Crippen LogP contribution in [-0.4, -0.2) is 28.1 Å². The average molecular weight is 381 g/mol. The lowest BCUT2D eigenvalue weighted by Gasteiger charge is -2.19. The second-order valence-electron chi connectivity index (χ2n) is 6.86. The molecule has 1 aromatic carbocycles. The summed E-state index contributed by atoms with van der Waals surface area (Å²) in [5.41, 5.74) is 1.13. The van der Waals surface area contributed by atoms with Gasteiger partial charge in [0, 0.05) is 37.2 Å². The maximum Gasteiger partial charge on any atom is 0.331 e. The molecule has 1 aliphatic heterocycles. The molecule has 8 nitrogen and oxygen atoms in total. The minimum Gasteiger partial charge on any atom is -0.372 e. The lowest BCUT2D eigenvalue weighted by molar-refractivity contribution is -0.116. The molecule has 8 heteroatoms. The van der Waals surface area contributed by atoms with E-state index in [4.69, 9.17) is 5.26 Å². The van der Waals surface area contributed by atoms with Crippen LogP contribution in [0.5, 0.6) is 0 Å². The van der Waals surface area contributed by atoms with Crippen molar-refractivity contribution in [3.05, 3.63) is 56.4 Å². The van der Waals surface area contributed by atoms with Gasteiger partial charge in [0.2, 0.25) is 5.91 Å². The normalized spacial score (nSPS) is 13.4. The Morgan fingerprint density at radius 2 is 1.96 bits per heavy atom. The number of anilines is 2. The van der Waals surface area contributed by atoms with Crippen LogP contribution in [0.4, 0.5) is 11.4 Å². The topological polar surface area (TPSA) is 100 Å². The molecule has 2 heterocycles. The third-order valence-electron chi connectivity index (χ3n) is 4.96. The zero-order valence-electron chi connectivity index (χ0n) is 16.1. The van der Waals surface area contributed by atoms with Gasteiger partial charge in [0.1, 0.15) is 18.2 Å². The standard InChI is InChI=1S/C20H23N5O3/c1-3-23-12-15(11-21)19(27)25(20(23)28)13-18(26)22-17-7-6-16(10-14(17)2)24-8-4-5-9-24/h6-7,10,12H,3-5,8-9,13H2,1-2H3,(H,22,26). The molecule has 146 valence electrons. The Hall–Kier alpha value is -3.34. The lowest BCUT2D eigenvalue weighted by atomic mass is 10.1. The van der Waals surface area contributed by atoms with Crippen molar-refractivity contribution in [1.82, 2.24) is 9.13 Å². The van der Waals surface area contributed by atoms with Crippen molar-refractivity contribution in [1.29, 1.82) is 5.26 Å². The Bertz CT molecular complexity index is 1050. The number of aryl methyl sites for hydroxylation is 2. The van der Waals surface area contributed by atoms with Crippen LogP contribution in [0.15, 0.2) is 34.0 Å². The highest BCUT2D eigenvalue weighted by molar-refractivity contribution is 5.91. The van der Waals surface area contributed by atoms with E-state index < -0.39 is 23.7 Å². The third-order valence-corrected chi connectivity index (χ3v) is 4.96. The number of aromatic nitrogens is 2. The minimum absolute atomic E-state index is 0.166. The summed E-state index contributed by atoms with van der Waals surface area (Å²) in [6.07, 6.45) is 3.59. The maximum absolute atomic E-state index is 12.5. The van der Waals surface area contributed by atoms with Gasteiger partial charge in [-0.2, -0.15) is 5.26 Å². The SMILES string of the molecule is CCn1cc(C#N)c(=O)n(CC(=O)Nc2ccc(N3CCCC3)cc2C)c1=O. The summed E-state index contributed by atoms with van der Waals surface area (Å²) in [6.45, 7) is 5.55. The zero-order chi connectivity index (χ0) is 20.3. The molecule has 1 aliphatic rings. The van der Waals surface area contributed by atoms with Crippen molar-refractivity contribution in [2.24, 2.45) is 0 Å². The van der Waals surface area contributed by atoms with E-state index in [9.17, 15) is 14.4 Å². The summed E-state index contributed by atoms with van der Waals surface area (Å²) in [7, 11) is 0. The van der Waals surface area contributed by atoms with Gasteiger partial charge in [-0.05, 0) is 50.5 Å². The first-order valence-corrected chi connectivity index (χ1v) is 9.34. The van der Waals surface area contributed by atoms with Gasteiger partial charge in [0.05, 0.1) is 0 Å². The Morgan fingerprint density at radius 3 is 2.57 bits per heavy atom. The van der Waals surface area contributed by atoms with Crippen molar-refractivity contribution in [3.63, 3.8) is 0 Å². The molecule has 0 unspecified atom stereocenters. The number of hydrogen-bond acceptors (Lipinski definition) is 5. The van der Waals surface area contributed by atoms with E-state index in [1.54, 1.807) is 13.0 Å². The number of carbonyl (C=O) groups is 1. The second-order valence-corrected chi connectivity index (χ2v) is 6.86. The van der Waals surface area contributed by atoms with Crippen molar-refractivity contribution in [3.8, 4) is 6.07 Å². The Morgan fingerprint density at radius 1 is 1.25 bits per heavy atom. The van der Waals surface area contributed by atoms with Crippen LogP contribution in [0.1, 0.15) is 30.9 Å². The fourth-order valence-electron chi connectivity index (χ4n) is 3.39. The fraction of sp³-hybridized carbons (Fsp3) is 0.400. The van der Waals surface area contributed by atoms with Gasteiger partial charge in [-0.25, -0.2) is 9.36 Å². The first-order valence-electron chi connectivity index (χ1n) is 9.34. The van der Waals surface area contributed by atoms with E-state index in [2.05, 4.69) is 10.2 Å². The largest absolute Gasteiger partial charge is 0.372 e. The first kappa shape index (κ1) is 19.4. The van der Waals surface area contributed by atoms with E-state index in [0.717, 1.165) is 28.9 Å². The summed E-state index contributed by atoms with van der Waals surface area (Å²) in [5.74, 6) is -0.492. The quantitative estimate of drug-likeness (QED) is 0.845. The van der Waals surface area contributed by atoms with Gasteiger partial charge in [0.15, 0.2) is 0 Å². The molecule has 1 saturated heterocycles. The molecule has 0 bridgehead atoms. The molecule has 1 N–H and O–H groups in total. The Balaban J connectivity index is 1.81. The molecular formula is C20H23N5O3. The second kappa shape index (κ2) is 8.13. The van der Waals surface area contributed by atoms with Crippen molar-refractivity contribution < 1.29 is 4.79 Å². The highest BCUT2D eigenvalue weighted by Gasteiger charge is 2.16. The molecule has 2 aromatic rings. The molecule has 1 amide bonds. The van der Waals surface area contributed by atoms with Gasteiger partial charge in [0.25, 0.3) is 5.56 Å². The number of hydrogen-bond donors (Lipinski definition) is 1.